The van der Waals surface area contributed by atoms with Crippen molar-refractivity contribution in [2.24, 2.45) is 11.7 Å². The highest BCUT2D eigenvalue weighted by atomic mass is 14.8. The molecule has 0 radical (unpaired) electrons. The van der Waals surface area contributed by atoms with Crippen molar-refractivity contribution in [2.45, 2.75) is 57.4 Å². The van der Waals surface area contributed by atoms with Gasteiger partial charge in [0.15, 0.2) is 0 Å². The van der Waals surface area contributed by atoms with E-state index in [0.29, 0.717) is 11.8 Å². The van der Waals surface area contributed by atoms with E-state index in [1.807, 2.05) is 0 Å². The third kappa shape index (κ3) is 2.14. The van der Waals surface area contributed by atoms with Crippen LogP contribution >= 0.6 is 0 Å². The van der Waals surface area contributed by atoms with Crippen LogP contribution in [0.2, 0.25) is 0 Å². The molecule has 0 heterocycles. The number of fused-ring (bicyclic) bond motifs is 1. The van der Waals surface area contributed by atoms with Crippen LogP contribution in [0.15, 0.2) is 29.8 Å². The molecule has 1 atom stereocenters. The Labute approximate surface area is 116 Å². The summed E-state index contributed by atoms with van der Waals surface area (Å²) in [6, 6.07) is 8.83. The van der Waals surface area contributed by atoms with Crippen molar-refractivity contribution in [1.29, 1.82) is 0 Å². The maximum absolute atomic E-state index is 6.80. The number of hydrogen-bond donors (Lipinski definition) is 1. The van der Waals surface area contributed by atoms with E-state index < -0.39 is 0 Å². The Kier molecular flexibility index (Phi) is 3.26. The van der Waals surface area contributed by atoms with Crippen molar-refractivity contribution in [1.82, 2.24) is 0 Å². The topological polar surface area (TPSA) is 26.0 Å². The van der Waals surface area contributed by atoms with Crippen molar-refractivity contribution in [3.05, 3.63) is 41.0 Å². The van der Waals surface area contributed by atoms with E-state index in [-0.39, 0.29) is 5.54 Å². The lowest BCUT2D eigenvalue weighted by atomic mass is 9.70. The van der Waals surface area contributed by atoms with Gasteiger partial charge in [-0.25, -0.2) is 0 Å². The monoisotopic (exact) mass is 255 g/mol. The van der Waals surface area contributed by atoms with Gasteiger partial charge < -0.3 is 5.73 Å². The quantitative estimate of drug-likeness (QED) is 0.828. The molecule has 1 heteroatoms. The van der Waals surface area contributed by atoms with Gasteiger partial charge in [-0.3, -0.25) is 0 Å². The molecule has 19 heavy (non-hydrogen) atoms. The zero-order valence-electron chi connectivity index (χ0n) is 12.2. The summed E-state index contributed by atoms with van der Waals surface area (Å²) in [7, 11) is 0. The summed E-state index contributed by atoms with van der Waals surface area (Å²) in [5.41, 5.74) is 11.1. The fourth-order valence-corrected chi connectivity index (χ4v) is 3.99. The maximum Gasteiger partial charge on any atom is 0.0378 e. The second-order valence-electron chi connectivity index (χ2n) is 6.67. The van der Waals surface area contributed by atoms with Crippen molar-refractivity contribution in [3.8, 4) is 0 Å². The Hall–Kier alpha value is -1.08. The number of hydrogen-bond acceptors (Lipinski definition) is 1. The van der Waals surface area contributed by atoms with E-state index in [9.17, 15) is 0 Å². The van der Waals surface area contributed by atoms with Crippen molar-refractivity contribution in [2.75, 3.05) is 0 Å². The molecule has 3 rings (SSSR count). The summed E-state index contributed by atoms with van der Waals surface area (Å²) in [4.78, 5) is 0. The van der Waals surface area contributed by atoms with Crippen LogP contribution in [0, 0.1) is 5.92 Å². The molecule has 0 aromatic heterocycles. The van der Waals surface area contributed by atoms with Crippen LogP contribution in [0.25, 0.3) is 6.08 Å². The first kappa shape index (κ1) is 12.9. The van der Waals surface area contributed by atoms with Gasteiger partial charge in [-0.2, -0.15) is 0 Å². The summed E-state index contributed by atoms with van der Waals surface area (Å²) in [6.07, 6.45) is 8.65. The minimum Gasteiger partial charge on any atom is -0.322 e. The smallest absolute Gasteiger partial charge is 0.0378 e. The second kappa shape index (κ2) is 4.79. The lowest BCUT2D eigenvalue weighted by Crippen LogP contribution is -2.45. The molecule has 1 unspecified atom stereocenters. The SMILES string of the molecule is CC(C)C1C(C2(N)CCCCC2)=Cc2ccccc21. The number of nitrogens with two attached hydrogens (primary N) is 1. The van der Waals surface area contributed by atoms with Crippen LogP contribution in [-0.4, -0.2) is 5.54 Å². The third-order valence-electron chi connectivity index (χ3n) is 4.96. The molecule has 0 bridgehead atoms. The molecular weight excluding hydrogens is 230 g/mol. The summed E-state index contributed by atoms with van der Waals surface area (Å²) in [5, 5.41) is 0. The molecular formula is C18H25N. The van der Waals surface area contributed by atoms with Gasteiger partial charge in [0, 0.05) is 11.5 Å². The Morgan fingerprint density at radius 3 is 2.47 bits per heavy atom. The van der Waals surface area contributed by atoms with Gasteiger partial charge in [0.2, 0.25) is 0 Å². The first-order valence-corrected chi connectivity index (χ1v) is 7.72. The normalized spacial score (nSPS) is 25.3. The van der Waals surface area contributed by atoms with E-state index in [0.717, 1.165) is 12.8 Å². The molecule has 0 saturated heterocycles. The van der Waals surface area contributed by atoms with Crippen LogP contribution in [-0.2, 0) is 0 Å². The minimum atomic E-state index is -0.0494. The summed E-state index contributed by atoms with van der Waals surface area (Å²) in [5.74, 6) is 1.15. The van der Waals surface area contributed by atoms with Crippen LogP contribution in [0.5, 0.6) is 0 Å². The largest absolute Gasteiger partial charge is 0.322 e. The van der Waals surface area contributed by atoms with Crippen molar-refractivity contribution < 1.29 is 0 Å². The first-order chi connectivity index (χ1) is 9.12. The zero-order chi connectivity index (χ0) is 13.5. The molecule has 1 nitrogen and oxygen atoms in total. The summed E-state index contributed by atoms with van der Waals surface area (Å²) in [6.45, 7) is 4.65. The molecule has 102 valence electrons. The van der Waals surface area contributed by atoms with Crippen LogP contribution in [0.4, 0.5) is 0 Å². The summed E-state index contributed by atoms with van der Waals surface area (Å²) < 4.78 is 0. The van der Waals surface area contributed by atoms with Gasteiger partial charge in [0.1, 0.15) is 0 Å². The van der Waals surface area contributed by atoms with Gasteiger partial charge >= 0.3 is 0 Å². The third-order valence-corrected chi connectivity index (χ3v) is 4.96. The minimum absolute atomic E-state index is 0.0494. The standard InChI is InChI=1S/C18H25N/c1-13(2)17-15-9-5-4-8-14(15)12-16(17)18(19)10-6-3-7-11-18/h4-5,8-9,12-13,17H,3,6-7,10-11,19H2,1-2H3. The Bertz CT molecular complexity index is 492. The highest BCUT2D eigenvalue weighted by Gasteiger charge is 2.40. The van der Waals surface area contributed by atoms with Crippen LogP contribution in [0.1, 0.15) is 63.0 Å². The predicted molar refractivity (Wildman–Crippen MR) is 82.0 cm³/mol. The first-order valence-electron chi connectivity index (χ1n) is 7.72. The van der Waals surface area contributed by atoms with Crippen molar-refractivity contribution in [3.63, 3.8) is 0 Å². The van der Waals surface area contributed by atoms with Crippen LogP contribution < -0.4 is 5.73 Å². The van der Waals surface area contributed by atoms with Gasteiger partial charge in [-0.05, 0) is 35.5 Å². The lowest BCUT2D eigenvalue weighted by Gasteiger charge is -2.39. The van der Waals surface area contributed by atoms with Gasteiger partial charge in [-0.1, -0.05) is 63.5 Å². The zero-order valence-corrected chi connectivity index (χ0v) is 12.2. The van der Waals surface area contributed by atoms with Gasteiger partial charge in [-0.15, -0.1) is 0 Å². The Morgan fingerprint density at radius 1 is 1.11 bits per heavy atom. The second-order valence-corrected chi connectivity index (χ2v) is 6.67. The molecule has 0 spiro atoms. The molecule has 0 aliphatic heterocycles. The average Bonchev–Trinajstić information content (AvgIpc) is 2.79. The molecule has 1 saturated carbocycles. The van der Waals surface area contributed by atoms with Gasteiger partial charge in [0.05, 0.1) is 0 Å². The molecule has 1 aromatic carbocycles. The number of rotatable bonds is 2. The highest BCUT2D eigenvalue weighted by Crippen LogP contribution is 2.48. The van der Waals surface area contributed by atoms with E-state index in [1.165, 1.54) is 36.0 Å². The van der Waals surface area contributed by atoms with E-state index in [4.69, 9.17) is 5.73 Å². The molecule has 2 aliphatic carbocycles. The fourth-order valence-electron chi connectivity index (χ4n) is 3.99. The summed E-state index contributed by atoms with van der Waals surface area (Å²) >= 11 is 0. The molecule has 1 aromatic rings. The van der Waals surface area contributed by atoms with Gasteiger partial charge in [0.25, 0.3) is 0 Å². The average molecular weight is 255 g/mol. The van der Waals surface area contributed by atoms with E-state index in [1.54, 1.807) is 0 Å². The highest BCUT2D eigenvalue weighted by molar-refractivity contribution is 5.69. The van der Waals surface area contributed by atoms with E-state index >= 15 is 0 Å². The van der Waals surface area contributed by atoms with Crippen molar-refractivity contribution >= 4 is 6.08 Å². The molecule has 2 N–H and O–H groups in total. The maximum atomic E-state index is 6.80. The Balaban J connectivity index is 2.02. The fraction of sp³-hybridized carbons (Fsp3) is 0.556. The van der Waals surface area contributed by atoms with Crippen LogP contribution in [0.3, 0.4) is 0 Å². The predicted octanol–water partition coefficient (Wildman–Crippen LogP) is 4.48. The lowest BCUT2D eigenvalue weighted by molar-refractivity contribution is 0.320. The molecule has 2 aliphatic rings. The number of benzene rings is 1. The molecule has 1 fully saturated rings. The molecule has 0 amide bonds. The Morgan fingerprint density at radius 2 is 1.79 bits per heavy atom. The van der Waals surface area contributed by atoms with E-state index in [2.05, 4.69) is 44.2 Å².